The molecule has 0 bridgehead atoms. The van der Waals surface area contributed by atoms with Gasteiger partial charge in [-0.25, -0.2) is 0 Å². The third-order valence-corrected chi connectivity index (χ3v) is 3.49. The third-order valence-electron chi connectivity index (χ3n) is 3.49. The van der Waals surface area contributed by atoms with Gasteiger partial charge in [-0.05, 0) is 30.2 Å². The lowest BCUT2D eigenvalue weighted by atomic mass is 10.1. The summed E-state index contributed by atoms with van der Waals surface area (Å²) < 4.78 is 0. The van der Waals surface area contributed by atoms with Crippen LogP contribution in [0.25, 0.3) is 0 Å². The van der Waals surface area contributed by atoms with Crippen molar-refractivity contribution in [2.75, 3.05) is 31.1 Å². The van der Waals surface area contributed by atoms with Crippen molar-refractivity contribution in [1.29, 1.82) is 0 Å². The lowest BCUT2D eigenvalue weighted by Crippen LogP contribution is -2.43. The number of aryl methyl sites for hydroxylation is 1. The maximum atomic E-state index is 11.5. The maximum absolute atomic E-state index is 11.5. The van der Waals surface area contributed by atoms with Gasteiger partial charge in [0, 0.05) is 43.9 Å². The molecule has 1 aliphatic heterocycles. The van der Waals surface area contributed by atoms with Crippen LogP contribution in [-0.2, 0) is 6.42 Å². The number of rotatable bonds is 1. The number of carbonyl (C=O) groups is 1. The highest BCUT2D eigenvalue weighted by molar-refractivity contribution is 6.00. The van der Waals surface area contributed by atoms with Crippen molar-refractivity contribution in [3.63, 3.8) is 0 Å². The monoisotopic (exact) mass is 288 g/mol. The largest absolute Gasteiger partial charge is 0.369 e. The van der Waals surface area contributed by atoms with Gasteiger partial charge in [-0.2, -0.15) is 0 Å². The summed E-state index contributed by atoms with van der Waals surface area (Å²) in [6.07, 6.45) is 1.62. The van der Waals surface area contributed by atoms with Crippen LogP contribution < -0.4 is 10.2 Å². The molecule has 0 aromatic heterocycles. The Kier molecular flexibility index (Phi) is 5.45. The molecule has 1 aliphatic carbocycles. The molecular weight excluding hydrogens is 271 g/mol. The molecule has 1 saturated heterocycles. The van der Waals surface area contributed by atoms with Gasteiger partial charge in [-0.1, -0.05) is 0 Å². The van der Waals surface area contributed by atoms with Gasteiger partial charge in [-0.3, -0.25) is 4.79 Å². The van der Waals surface area contributed by atoms with Crippen molar-refractivity contribution in [2.24, 2.45) is 0 Å². The zero-order valence-corrected chi connectivity index (χ0v) is 11.8. The summed E-state index contributed by atoms with van der Waals surface area (Å²) in [7, 11) is 0. The molecule has 1 fully saturated rings. The first kappa shape index (κ1) is 15.3. The second-order valence-corrected chi connectivity index (χ2v) is 4.50. The van der Waals surface area contributed by atoms with Crippen molar-refractivity contribution in [3.8, 4) is 0 Å². The summed E-state index contributed by atoms with van der Waals surface area (Å²) in [5, 5.41) is 3.35. The fourth-order valence-electron chi connectivity index (χ4n) is 2.56. The number of hydrogen-bond donors (Lipinski definition) is 1. The van der Waals surface area contributed by atoms with Gasteiger partial charge in [0.25, 0.3) is 0 Å². The van der Waals surface area contributed by atoms with E-state index in [0.717, 1.165) is 38.2 Å². The number of piperazine rings is 1. The predicted molar refractivity (Wildman–Crippen MR) is 78.7 cm³/mol. The standard InChI is InChI=1S/C13H16N2O.2ClH/c16-13-4-1-10-9-11(2-3-12(10)13)15-7-5-14-6-8-15;;/h2-3,9,14H,1,4-8H2;2*1H. The van der Waals surface area contributed by atoms with E-state index in [2.05, 4.69) is 22.3 Å². The second kappa shape index (κ2) is 6.41. The van der Waals surface area contributed by atoms with Crippen LogP contribution in [0, 0.1) is 0 Å². The molecule has 0 radical (unpaired) electrons. The summed E-state index contributed by atoms with van der Waals surface area (Å²) in [5.41, 5.74) is 3.45. The molecule has 1 aromatic carbocycles. The predicted octanol–water partition coefficient (Wildman–Crippen LogP) is 2.07. The second-order valence-electron chi connectivity index (χ2n) is 4.50. The van der Waals surface area contributed by atoms with Crippen LogP contribution in [-0.4, -0.2) is 32.0 Å². The third kappa shape index (κ3) is 2.79. The molecule has 18 heavy (non-hydrogen) atoms. The number of halogens is 2. The summed E-state index contributed by atoms with van der Waals surface area (Å²) in [6, 6.07) is 6.29. The molecule has 1 N–H and O–H groups in total. The number of anilines is 1. The minimum Gasteiger partial charge on any atom is -0.369 e. The molecule has 0 spiro atoms. The highest BCUT2D eigenvalue weighted by atomic mass is 35.5. The zero-order valence-electron chi connectivity index (χ0n) is 10.1. The van der Waals surface area contributed by atoms with E-state index in [-0.39, 0.29) is 24.8 Å². The van der Waals surface area contributed by atoms with E-state index in [0.29, 0.717) is 12.2 Å². The molecule has 0 saturated carbocycles. The molecule has 100 valence electrons. The summed E-state index contributed by atoms with van der Waals surface area (Å²) in [4.78, 5) is 13.9. The molecule has 2 aliphatic rings. The molecule has 3 rings (SSSR count). The van der Waals surface area contributed by atoms with Gasteiger partial charge in [0.05, 0.1) is 0 Å². The molecule has 0 atom stereocenters. The Morgan fingerprint density at radius 3 is 2.50 bits per heavy atom. The smallest absolute Gasteiger partial charge is 0.163 e. The van der Waals surface area contributed by atoms with Crippen molar-refractivity contribution >= 4 is 36.3 Å². The number of Topliss-reactive ketones (excluding diaryl/α,β-unsaturated/α-hetero) is 1. The van der Waals surface area contributed by atoms with E-state index < -0.39 is 0 Å². The topological polar surface area (TPSA) is 32.3 Å². The number of ketones is 1. The molecule has 0 unspecified atom stereocenters. The van der Waals surface area contributed by atoms with E-state index in [1.165, 1.54) is 11.3 Å². The van der Waals surface area contributed by atoms with Gasteiger partial charge in [0.2, 0.25) is 0 Å². The van der Waals surface area contributed by atoms with Crippen molar-refractivity contribution in [3.05, 3.63) is 29.3 Å². The van der Waals surface area contributed by atoms with Crippen LogP contribution in [0.5, 0.6) is 0 Å². The quantitative estimate of drug-likeness (QED) is 0.859. The lowest BCUT2D eigenvalue weighted by molar-refractivity contribution is 0.0994. The van der Waals surface area contributed by atoms with Gasteiger partial charge >= 0.3 is 0 Å². The average Bonchev–Trinajstić information content (AvgIpc) is 2.72. The summed E-state index contributed by atoms with van der Waals surface area (Å²) in [6.45, 7) is 4.23. The Morgan fingerprint density at radius 1 is 1.06 bits per heavy atom. The van der Waals surface area contributed by atoms with E-state index in [1.54, 1.807) is 0 Å². The minimum atomic E-state index is 0. The number of benzene rings is 1. The highest BCUT2D eigenvalue weighted by Gasteiger charge is 2.20. The summed E-state index contributed by atoms with van der Waals surface area (Å²) >= 11 is 0. The van der Waals surface area contributed by atoms with Crippen LogP contribution in [0.3, 0.4) is 0 Å². The zero-order chi connectivity index (χ0) is 11.0. The first-order valence-electron chi connectivity index (χ1n) is 5.96. The molecular formula is C13H18Cl2N2O. The fourth-order valence-corrected chi connectivity index (χ4v) is 2.56. The average molecular weight is 289 g/mol. The SMILES string of the molecule is Cl.Cl.O=C1CCc2cc(N3CCNCC3)ccc21. The Hall–Kier alpha value is -0.770. The van der Waals surface area contributed by atoms with E-state index in [4.69, 9.17) is 0 Å². The first-order valence-corrected chi connectivity index (χ1v) is 5.96. The van der Waals surface area contributed by atoms with Crippen LogP contribution >= 0.6 is 24.8 Å². The lowest BCUT2D eigenvalue weighted by Gasteiger charge is -2.29. The van der Waals surface area contributed by atoms with E-state index in [9.17, 15) is 4.79 Å². The number of hydrogen-bond acceptors (Lipinski definition) is 3. The Bertz CT molecular complexity index is 431. The van der Waals surface area contributed by atoms with Crippen LogP contribution in [0.4, 0.5) is 5.69 Å². The number of nitrogens with one attached hydrogen (secondary N) is 1. The van der Waals surface area contributed by atoms with Crippen LogP contribution in [0.1, 0.15) is 22.3 Å². The van der Waals surface area contributed by atoms with Gasteiger partial charge in [0.15, 0.2) is 5.78 Å². The normalized spacial score (nSPS) is 17.8. The molecule has 5 heteroatoms. The highest BCUT2D eigenvalue weighted by Crippen LogP contribution is 2.26. The van der Waals surface area contributed by atoms with Crippen molar-refractivity contribution in [2.45, 2.75) is 12.8 Å². The van der Waals surface area contributed by atoms with Crippen LogP contribution in [0.2, 0.25) is 0 Å². The fraction of sp³-hybridized carbons (Fsp3) is 0.462. The minimum absolute atomic E-state index is 0. The Labute approximate surface area is 120 Å². The van der Waals surface area contributed by atoms with Gasteiger partial charge in [-0.15, -0.1) is 24.8 Å². The Balaban J connectivity index is 0.000000810. The Morgan fingerprint density at radius 2 is 1.78 bits per heavy atom. The van der Waals surface area contributed by atoms with E-state index >= 15 is 0 Å². The molecule has 1 heterocycles. The maximum Gasteiger partial charge on any atom is 0.163 e. The van der Waals surface area contributed by atoms with Crippen molar-refractivity contribution in [1.82, 2.24) is 5.32 Å². The molecule has 0 amide bonds. The molecule has 1 aromatic rings. The van der Waals surface area contributed by atoms with Crippen LogP contribution in [0.15, 0.2) is 18.2 Å². The van der Waals surface area contributed by atoms with E-state index in [1.807, 2.05) is 6.07 Å². The first-order chi connectivity index (χ1) is 7.84. The van der Waals surface area contributed by atoms with Gasteiger partial charge in [0.1, 0.15) is 0 Å². The van der Waals surface area contributed by atoms with Gasteiger partial charge < -0.3 is 10.2 Å². The number of fused-ring (bicyclic) bond motifs is 1. The summed E-state index contributed by atoms with van der Waals surface area (Å²) in [5.74, 6) is 0.307. The number of nitrogens with zero attached hydrogens (tertiary/aromatic N) is 1. The number of carbonyl (C=O) groups excluding carboxylic acids is 1. The van der Waals surface area contributed by atoms with Crippen molar-refractivity contribution < 1.29 is 4.79 Å². The molecule has 3 nitrogen and oxygen atoms in total.